The summed E-state index contributed by atoms with van der Waals surface area (Å²) in [7, 11) is 0. The first-order chi connectivity index (χ1) is 7.74. The molecule has 1 heterocycles. The van der Waals surface area contributed by atoms with E-state index < -0.39 is 0 Å². The minimum atomic E-state index is -0.252. The molecule has 1 rings (SSSR count). The Kier molecular flexibility index (Phi) is 6.14. The number of aromatic amines is 1. The summed E-state index contributed by atoms with van der Waals surface area (Å²) in [5, 5.41) is 2.77. The molecular formula is C11H15IN2O2. The molecular weight excluding hydrogens is 319 g/mol. The molecule has 88 valence electrons. The number of hydrogen-bond donors (Lipinski definition) is 2. The summed E-state index contributed by atoms with van der Waals surface area (Å²) in [6.07, 6.45) is 3.28. The SMILES string of the molecule is O=C(NCCCCCI)c1cccc(=O)[nH]1. The van der Waals surface area contributed by atoms with E-state index in [2.05, 4.69) is 32.9 Å². The lowest BCUT2D eigenvalue weighted by molar-refractivity contribution is 0.0948. The molecule has 0 aliphatic carbocycles. The van der Waals surface area contributed by atoms with Gasteiger partial charge in [0.1, 0.15) is 5.69 Å². The number of pyridine rings is 1. The number of alkyl halides is 1. The van der Waals surface area contributed by atoms with E-state index in [1.807, 2.05) is 0 Å². The van der Waals surface area contributed by atoms with Crippen LogP contribution in [0.1, 0.15) is 29.8 Å². The summed E-state index contributed by atoms with van der Waals surface area (Å²) in [4.78, 5) is 25.0. The second kappa shape index (κ2) is 7.43. The van der Waals surface area contributed by atoms with Gasteiger partial charge in [-0.25, -0.2) is 0 Å². The second-order valence-electron chi connectivity index (χ2n) is 3.43. The Labute approximate surface area is 108 Å². The number of carbonyl (C=O) groups excluding carboxylic acids is 1. The van der Waals surface area contributed by atoms with E-state index in [9.17, 15) is 9.59 Å². The van der Waals surface area contributed by atoms with Gasteiger partial charge < -0.3 is 10.3 Å². The van der Waals surface area contributed by atoms with E-state index in [1.54, 1.807) is 12.1 Å². The molecule has 0 atom stereocenters. The van der Waals surface area contributed by atoms with Crippen molar-refractivity contribution in [1.29, 1.82) is 0 Å². The highest BCUT2D eigenvalue weighted by atomic mass is 127. The quantitative estimate of drug-likeness (QED) is 0.473. The average Bonchev–Trinajstić information content (AvgIpc) is 2.28. The summed E-state index contributed by atoms with van der Waals surface area (Å²) in [5.41, 5.74) is 0.0685. The predicted octanol–water partition coefficient (Wildman–Crippen LogP) is 1.71. The van der Waals surface area contributed by atoms with Crippen LogP contribution in [0.15, 0.2) is 23.0 Å². The Balaban J connectivity index is 2.33. The zero-order valence-corrected chi connectivity index (χ0v) is 11.1. The summed E-state index contributed by atoms with van der Waals surface area (Å²) in [6.45, 7) is 0.659. The van der Waals surface area contributed by atoms with E-state index in [0.29, 0.717) is 12.2 Å². The van der Waals surface area contributed by atoms with Gasteiger partial charge in [0.05, 0.1) is 0 Å². The van der Waals surface area contributed by atoms with Crippen molar-refractivity contribution in [1.82, 2.24) is 10.3 Å². The Hall–Kier alpha value is -0.850. The number of rotatable bonds is 6. The first-order valence-corrected chi connectivity index (χ1v) is 6.80. The number of H-pyrrole nitrogens is 1. The van der Waals surface area contributed by atoms with Crippen LogP contribution >= 0.6 is 22.6 Å². The third-order valence-corrected chi connectivity index (χ3v) is 2.87. The highest BCUT2D eigenvalue weighted by Crippen LogP contribution is 1.98. The van der Waals surface area contributed by atoms with Crippen molar-refractivity contribution in [3.05, 3.63) is 34.2 Å². The molecule has 1 aromatic rings. The fourth-order valence-electron chi connectivity index (χ4n) is 1.27. The van der Waals surface area contributed by atoms with E-state index in [0.717, 1.165) is 17.3 Å². The molecule has 2 N–H and O–H groups in total. The molecule has 0 spiro atoms. The third-order valence-electron chi connectivity index (χ3n) is 2.11. The smallest absolute Gasteiger partial charge is 0.267 e. The van der Waals surface area contributed by atoms with Crippen LogP contribution in [0.5, 0.6) is 0 Å². The van der Waals surface area contributed by atoms with Gasteiger partial charge in [0.2, 0.25) is 5.56 Å². The van der Waals surface area contributed by atoms with Crippen molar-refractivity contribution in [2.24, 2.45) is 0 Å². The van der Waals surface area contributed by atoms with Crippen LogP contribution in [0.2, 0.25) is 0 Å². The third kappa shape index (κ3) is 4.78. The van der Waals surface area contributed by atoms with Crippen LogP contribution in [0.3, 0.4) is 0 Å². The van der Waals surface area contributed by atoms with Crippen molar-refractivity contribution in [3.8, 4) is 0 Å². The fourth-order valence-corrected chi connectivity index (χ4v) is 1.81. The van der Waals surface area contributed by atoms with Crippen molar-refractivity contribution in [2.45, 2.75) is 19.3 Å². The monoisotopic (exact) mass is 334 g/mol. The summed E-state index contributed by atoms with van der Waals surface area (Å²) >= 11 is 2.34. The minimum Gasteiger partial charge on any atom is -0.351 e. The molecule has 0 aliphatic heterocycles. The zero-order chi connectivity index (χ0) is 11.8. The maximum atomic E-state index is 11.5. The molecule has 16 heavy (non-hydrogen) atoms. The number of aromatic nitrogens is 1. The van der Waals surface area contributed by atoms with Crippen molar-refractivity contribution >= 4 is 28.5 Å². The predicted molar refractivity (Wildman–Crippen MR) is 72.1 cm³/mol. The fraction of sp³-hybridized carbons (Fsp3) is 0.455. The van der Waals surface area contributed by atoms with Gasteiger partial charge in [-0.15, -0.1) is 0 Å². The molecule has 0 saturated carbocycles. The number of unbranched alkanes of at least 4 members (excludes halogenated alkanes) is 2. The van der Waals surface area contributed by atoms with E-state index in [1.165, 1.54) is 12.5 Å². The molecule has 1 aromatic heterocycles. The lowest BCUT2D eigenvalue weighted by Crippen LogP contribution is -2.27. The summed E-state index contributed by atoms with van der Waals surface area (Å²) in [5.74, 6) is -0.216. The van der Waals surface area contributed by atoms with Gasteiger partial charge in [-0.1, -0.05) is 35.1 Å². The van der Waals surface area contributed by atoms with Crippen LogP contribution in [0.4, 0.5) is 0 Å². The van der Waals surface area contributed by atoms with Crippen LogP contribution < -0.4 is 10.9 Å². The molecule has 5 heteroatoms. The van der Waals surface area contributed by atoms with Gasteiger partial charge in [0, 0.05) is 12.6 Å². The van der Waals surface area contributed by atoms with Crippen LogP contribution in [0, 0.1) is 0 Å². The van der Waals surface area contributed by atoms with E-state index >= 15 is 0 Å². The molecule has 1 amide bonds. The number of nitrogens with one attached hydrogen (secondary N) is 2. The number of halogens is 1. The maximum absolute atomic E-state index is 11.5. The van der Waals surface area contributed by atoms with Gasteiger partial charge >= 0.3 is 0 Å². The average molecular weight is 334 g/mol. The van der Waals surface area contributed by atoms with Crippen LogP contribution in [-0.4, -0.2) is 21.9 Å². The van der Waals surface area contributed by atoms with Gasteiger partial charge in [-0.3, -0.25) is 9.59 Å². The van der Waals surface area contributed by atoms with Gasteiger partial charge in [-0.05, 0) is 23.3 Å². The highest BCUT2D eigenvalue weighted by molar-refractivity contribution is 14.1. The standard InChI is InChI=1S/C11H15IN2O2/c12-7-2-1-3-8-13-11(16)9-5-4-6-10(15)14-9/h4-6H,1-3,7-8H2,(H,13,16)(H,14,15). The lowest BCUT2D eigenvalue weighted by Gasteiger charge is -2.04. The van der Waals surface area contributed by atoms with Crippen LogP contribution in [0.25, 0.3) is 0 Å². The molecule has 0 bridgehead atoms. The molecule has 0 unspecified atom stereocenters. The lowest BCUT2D eigenvalue weighted by atomic mass is 10.2. The Bertz CT molecular complexity index is 390. The molecule has 0 radical (unpaired) electrons. The minimum absolute atomic E-state index is 0.216. The maximum Gasteiger partial charge on any atom is 0.267 e. The van der Waals surface area contributed by atoms with Crippen molar-refractivity contribution < 1.29 is 4.79 Å². The number of hydrogen-bond acceptors (Lipinski definition) is 2. The Morgan fingerprint density at radius 1 is 1.31 bits per heavy atom. The Morgan fingerprint density at radius 3 is 2.81 bits per heavy atom. The first-order valence-electron chi connectivity index (χ1n) is 5.27. The molecule has 4 nitrogen and oxygen atoms in total. The number of amides is 1. The van der Waals surface area contributed by atoms with Crippen molar-refractivity contribution in [2.75, 3.05) is 11.0 Å². The summed E-state index contributed by atoms with van der Waals surface area (Å²) in [6, 6.07) is 4.56. The largest absolute Gasteiger partial charge is 0.351 e. The van der Waals surface area contributed by atoms with E-state index in [4.69, 9.17) is 0 Å². The summed E-state index contributed by atoms with van der Waals surface area (Å²) < 4.78 is 1.15. The molecule has 0 aliphatic rings. The highest BCUT2D eigenvalue weighted by Gasteiger charge is 2.04. The second-order valence-corrected chi connectivity index (χ2v) is 4.51. The van der Waals surface area contributed by atoms with Gasteiger partial charge in [-0.2, -0.15) is 0 Å². The topological polar surface area (TPSA) is 62.0 Å². The Morgan fingerprint density at radius 2 is 2.12 bits per heavy atom. The first kappa shape index (κ1) is 13.2. The van der Waals surface area contributed by atoms with E-state index in [-0.39, 0.29) is 11.5 Å². The van der Waals surface area contributed by atoms with Crippen LogP contribution in [-0.2, 0) is 0 Å². The molecule has 0 saturated heterocycles. The molecule has 0 aromatic carbocycles. The van der Waals surface area contributed by atoms with Gasteiger partial charge in [0.15, 0.2) is 0 Å². The van der Waals surface area contributed by atoms with Gasteiger partial charge in [0.25, 0.3) is 5.91 Å². The number of carbonyl (C=O) groups is 1. The zero-order valence-electron chi connectivity index (χ0n) is 8.96. The van der Waals surface area contributed by atoms with Crippen molar-refractivity contribution in [3.63, 3.8) is 0 Å². The molecule has 0 fully saturated rings. The normalized spacial score (nSPS) is 10.1.